The van der Waals surface area contributed by atoms with Gasteiger partial charge in [-0.15, -0.1) is 0 Å². The van der Waals surface area contributed by atoms with Crippen molar-refractivity contribution in [2.24, 2.45) is 0 Å². The molecule has 0 fully saturated rings. The fraction of sp³-hybridized carbons (Fsp3) is 0.0714. The lowest BCUT2D eigenvalue weighted by molar-refractivity contribution is 0.102. The third kappa shape index (κ3) is 2.79. The van der Waals surface area contributed by atoms with Crippen LogP contribution in [0.3, 0.4) is 0 Å². The van der Waals surface area contributed by atoms with E-state index in [1.54, 1.807) is 55.6 Å². The monoisotopic (exact) mass is 242 g/mol. The number of nitrogens with one attached hydrogen (secondary N) is 1. The summed E-state index contributed by atoms with van der Waals surface area (Å²) in [5, 5.41) is 2.78. The van der Waals surface area contributed by atoms with Crippen molar-refractivity contribution < 1.29 is 9.53 Å². The highest BCUT2D eigenvalue weighted by Crippen LogP contribution is 2.16. The number of anilines is 2. The number of carbonyl (C=O) groups is 1. The maximum atomic E-state index is 12.0. The molecule has 0 aliphatic heterocycles. The van der Waals surface area contributed by atoms with E-state index in [0.717, 1.165) is 0 Å². The Kier molecular flexibility index (Phi) is 3.48. The van der Waals surface area contributed by atoms with E-state index in [0.29, 0.717) is 22.7 Å². The molecule has 0 aliphatic carbocycles. The van der Waals surface area contributed by atoms with Crippen molar-refractivity contribution in [1.29, 1.82) is 0 Å². The Morgan fingerprint density at radius 3 is 2.67 bits per heavy atom. The molecular weight excluding hydrogens is 228 g/mol. The summed E-state index contributed by atoms with van der Waals surface area (Å²) in [5.74, 6) is 0.453. The second-order valence-corrected chi connectivity index (χ2v) is 3.81. The van der Waals surface area contributed by atoms with Gasteiger partial charge in [0, 0.05) is 16.9 Å². The first-order valence-electron chi connectivity index (χ1n) is 5.50. The molecule has 0 saturated heterocycles. The summed E-state index contributed by atoms with van der Waals surface area (Å²) < 4.78 is 5.07. The van der Waals surface area contributed by atoms with Crippen molar-refractivity contribution in [1.82, 2.24) is 0 Å². The fourth-order valence-corrected chi connectivity index (χ4v) is 1.58. The zero-order valence-electron chi connectivity index (χ0n) is 10.0. The van der Waals surface area contributed by atoms with Crippen molar-refractivity contribution >= 4 is 17.3 Å². The van der Waals surface area contributed by atoms with Crippen LogP contribution in [-0.2, 0) is 0 Å². The molecular formula is C14H14N2O2. The average molecular weight is 242 g/mol. The Morgan fingerprint density at radius 1 is 1.17 bits per heavy atom. The first-order valence-corrected chi connectivity index (χ1v) is 5.50. The molecule has 0 bridgehead atoms. The van der Waals surface area contributed by atoms with Crippen LogP contribution in [0.1, 0.15) is 10.4 Å². The third-order valence-electron chi connectivity index (χ3n) is 2.48. The number of hydrogen-bond donors (Lipinski definition) is 2. The number of hydrogen-bond acceptors (Lipinski definition) is 3. The van der Waals surface area contributed by atoms with E-state index >= 15 is 0 Å². The second-order valence-electron chi connectivity index (χ2n) is 3.81. The van der Waals surface area contributed by atoms with Gasteiger partial charge in [-0.3, -0.25) is 4.79 Å². The Balaban J connectivity index is 2.16. The molecule has 4 heteroatoms. The van der Waals surface area contributed by atoms with Gasteiger partial charge in [0.2, 0.25) is 0 Å². The van der Waals surface area contributed by atoms with Crippen LogP contribution in [0, 0.1) is 0 Å². The maximum Gasteiger partial charge on any atom is 0.255 e. The number of carbonyl (C=O) groups excluding carboxylic acids is 1. The predicted octanol–water partition coefficient (Wildman–Crippen LogP) is 2.53. The van der Waals surface area contributed by atoms with Gasteiger partial charge in [0.15, 0.2) is 0 Å². The van der Waals surface area contributed by atoms with Crippen LogP contribution < -0.4 is 15.8 Å². The molecule has 0 aromatic heterocycles. The molecule has 0 radical (unpaired) electrons. The van der Waals surface area contributed by atoms with Crippen molar-refractivity contribution in [3.63, 3.8) is 0 Å². The summed E-state index contributed by atoms with van der Waals surface area (Å²) in [5.41, 5.74) is 7.46. The lowest BCUT2D eigenvalue weighted by atomic mass is 10.2. The molecule has 3 N–H and O–H groups in total. The molecule has 0 saturated carbocycles. The normalized spacial score (nSPS) is 9.83. The Hall–Kier alpha value is -2.49. The fourth-order valence-electron chi connectivity index (χ4n) is 1.58. The molecule has 4 nitrogen and oxygen atoms in total. The quantitative estimate of drug-likeness (QED) is 0.813. The van der Waals surface area contributed by atoms with E-state index in [4.69, 9.17) is 10.5 Å². The van der Waals surface area contributed by atoms with Crippen molar-refractivity contribution in [3.05, 3.63) is 54.1 Å². The van der Waals surface area contributed by atoms with Gasteiger partial charge in [-0.1, -0.05) is 12.1 Å². The molecule has 1 amide bonds. The van der Waals surface area contributed by atoms with Crippen LogP contribution >= 0.6 is 0 Å². The van der Waals surface area contributed by atoms with Gasteiger partial charge in [-0.25, -0.2) is 0 Å². The SMILES string of the molecule is COc1cccc(C(=O)Nc2cccc(N)c2)c1. The lowest BCUT2D eigenvalue weighted by Gasteiger charge is -2.07. The van der Waals surface area contributed by atoms with Crippen LogP contribution in [0.4, 0.5) is 11.4 Å². The molecule has 92 valence electrons. The summed E-state index contributed by atoms with van der Waals surface area (Å²) in [6, 6.07) is 14.0. The third-order valence-corrected chi connectivity index (χ3v) is 2.48. The van der Waals surface area contributed by atoms with E-state index < -0.39 is 0 Å². The Morgan fingerprint density at radius 2 is 1.94 bits per heavy atom. The summed E-state index contributed by atoms with van der Waals surface area (Å²) in [6.07, 6.45) is 0. The van der Waals surface area contributed by atoms with Crippen LogP contribution in [0.2, 0.25) is 0 Å². The smallest absolute Gasteiger partial charge is 0.255 e. The van der Waals surface area contributed by atoms with Crippen LogP contribution in [0.25, 0.3) is 0 Å². The minimum atomic E-state index is -0.195. The highest BCUT2D eigenvalue weighted by Gasteiger charge is 2.06. The topological polar surface area (TPSA) is 64.3 Å². The lowest BCUT2D eigenvalue weighted by Crippen LogP contribution is -2.11. The molecule has 2 rings (SSSR count). The first kappa shape index (κ1) is 12.0. The first-order chi connectivity index (χ1) is 8.69. The van der Waals surface area contributed by atoms with E-state index in [9.17, 15) is 4.79 Å². The number of nitrogens with two attached hydrogens (primary N) is 1. The minimum absolute atomic E-state index is 0.195. The predicted molar refractivity (Wildman–Crippen MR) is 71.8 cm³/mol. The zero-order chi connectivity index (χ0) is 13.0. The minimum Gasteiger partial charge on any atom is -0.497 e. The molecule has 0 spiro atoms. The Bertz CT molecular complexity index is 567. The van der Waals surface area contributed by atoms with E-state index in [1.165, 1.54) is 0 Å². The summed E-state index contributed by atoms with van der Waals surface area (Å²) in [6.45, 7) is 0. The van der Waals surface area contributed by atoms with Crippen LogP contribution in [0.15, 0.2) is 48.5 Å². The van der Waals surface area contributed by atoms with Crippen molar-refractivity contribution in [2.45, 2.75) is 0 Å². The zero-order valence-corrected chi connectivity index (χ0v) is 10.0. The molecule has 18 heavy (non-hydrogen) atoms. The van der Waals surface area contributed by atoms with Crippen molar-refractivity contribution in [3.8, 4) is 5.75 Å². The van der Waals surface area contributed by atoms with Gasteiger partial charge in [0.25, 0.3) is 5.91 Å². The molecule has 0 unspecified atom stereocenters. The van der Waals surface area contributed by atoms with Crippen LogP contribution in [-0.4, -0.2) is 13.0 Å². The number of nitrogen functional groups attached to an aromatic ring is 1. The van der Waals surface area contributed by atoms with Gasteiger partial charge in [0.1, 0.15) is 5.75 Å². The van der Waals surface area contributed by atoms with E-state index in [2.05, 4.69) is 5.32 Å². The largest absolute Gasteiger partial charge is 0.497 e. The molecule has 0 heterocycles. The van der Waals surface area contributed by atoms with Gasteiger partial charge < -0.3 is 15.8 Å². The highest BCUT2D eigenvalue weighted by molar-refractivity contribution is 6.04. The maximum absolute atomic E-state index is 12.0. The van der Waals surface area contributed by atoms with Gasteiger partial charge in [-0.05, 0) is 36.4 Å². The second kappa shape index (κ2) is 5.23. The van der Waals surface area contributed by atoms with Crippen LogP contribution in [0.5, 0.6) is 5.75 Å². The van der Waals surface area contributed by atoms with Crippen molar-refractivity contribution in [2.75, 3.05) is 18.2 Å². The number of ether oxygens (including phenoxy) is 1. The van der Waals surface area contributed by atoms with E-state index in [1.807, 2.05) is 0 Å². The summed E-state index contributed by atoms with van der Waals surface area (Å²) in [7, 11) is 1.56. The summed E-state index contributed by atoms with van der Waals surface area (Å²) >= 11 is 0. The van der Waals surface area contributed by atoms with E-state index in [-0.39, 0.29) is 5.91 Å². The van der Waals surface area contributed by atoms with Gasteiger partial charge in [0.05, 0.1) is 7.11 Å². The number of rotatable bonds is 3. The molecule has 0 atom stereocenters. The molecule has 0 aliphatic rings. The molecule has 2 aromatic rings. The highest BCUT2D eigenvalue weighted by atomic mass is 16.5. The Labute approximate surface area is 105 Å². The standard InChI is InChI=1S/C14H14N2O2/c1-18-13-7-2-4-10(8-13)14(17)16-12-6-3-5-11(15)9-12/h2-9H,15H2,1H3,(H,16,17). The number of benzene rings is 2. The number of amides is 1. The molecule has 2 aromatic carbocycles. The number of methoxy groups -OCH3 is 1. The van der Waals surface area contributed by atoms with Gasteiger partial charge in [-0.2, -0.15) is 0 Å². The van der Waals surface area contributed by atoms with Gasteiger partial charge >= 0.3 is 0 Å². The summed E-state index contributed by atoms with van der Waals surface area (Å²) in [4.78, 5) is 12.0. The average Bonchev–Trinajstić information content (AvgIpc) is 2.39.